The largest absolute Gasteiger partial charge is 0.476 e. The Bertz CT molecular complexity index is 2110. The van der Waals surface area contributed by atoms with E-state index in [1.807, 2.05) is 6.07 Å². The van der Waals surface area contributed by atoms with E-state index in [-0.39, 0.29) is 35.9 Å². The number of aromatic nitrogens is 4. The molecular weight excluding hydrogens is 945 g/mol. The van der Waals surface area contributed by atoms with E-state index in [4.69, 9.17) is 9.84 Å². The molecule has 13 nitrogen and oxygen atoms in total. The number of esters is 2. The van der Waals surface area contributed by atoms with Gasteiger partial charge in [0.05, 0.1) is 19.6 Å². The molecule has 0 spiro atoms. The topological polar surface area (TPSA) is 198 Å². The van der Waals surface area contributed by atoms with Crippen molar-refractivity contribution in [3.8, 4) is 0 Å². The average molecular weight is 1050 g/mol. The highest BCUT2D eigenvalue weighted by molar-refractivity contribution is 6.37. The first-order chi connectivity index (χ1) is 35.0. The number of ether oxygens (including phenoxy) is 2. The lowest BCUT2D eigenvalue weighted by molar-refractivity contribution is -0.154. The van der Waals surface area contributed by atoms with Crippen molar-refractivity contribution >= 4 is 35.3 Å². The summed E-state index contributed by atoms with van der Waals surface area (Å²) < 4.78 is 9.57. The molecule has 4 aliphatic carbocycles. The van der Waals surface area contributed by atoms with Gasteiger partial charge in [0.25, 0.3) is 0 Å². The number of carbonyl (C=O) groups excluding carboxylic acids is 5. The van der Waals surface area contributed by atoms with Crippen LogP contribution in [0.1, 0.15) is 258 Å². The number of aromatic amines is 2. The molecule has 0 aliphatic heterocycles. The Labute approximate surface area is 453 Å². The maximum absolute atomic E-state index is 11.9. The summed E-state index contributed by atoms with van der Waals surface area (Å²) in [6, 6.07) is 3.49. The zero-order valence-corrected chi connectivity index (χ0v) is 49.6. The van der Waals surface area contributed by atoms with Crippen molar-refractivity contribution in [2.75, 3.05) is 13.2 Å². The van der Waals surface area contributed by atoms with Gasteiger partial charge in [-0.15, -0.1) is 0 Å². The highest BCUT2D eigenvalue weighted by Crippen LogP contribution is 2.49. The van der Waals surface area contributed by atoms with E-state index in [1.54, 1.807) is 26.8 Å². The van der Waals surface area contributed by atoms with Crippen molar-refractivity contribution < 1.29 is 43.3 Å². The molecule has 0 amide bonds. The molecule has 426 valence electrons. The van der Waals surface area contributed by atoms with E-state index < -0.39 is 17.7 Å². The summed E-state index contributed by atoms with van der Waals surface area (Å²) in [6.45, 7) is 33.8. The highest BCUT2D eigenvalue weighted by atomic mass is 16.5. The third-order valence-electron chi connectivity index (χ3n) is 18.5. The van der Waals surface area contributed by atoms with Gasteiger partial charge < -0.3 is 19.4 Å². The predicted octanol–water partition coefficient (Wildman–Crippen LogP) is 14.6. The molecule has 2 aromatic heterocycles. The third kappa shape index (κ3) is 21.0. The van der Waals surface area contributed by atoms with Gasteiger partial charge in [0.15, 0.2) is 11.4 Å². The Hall–Kier alpha value is -4.16. The Balaban J connectivity index is 0.000000266. The van der Waals surface area contributed by atoms with Gasteiger partial charge in [-0.2, -0.15) is 10.2 Å². The van der Waals surface area contributed by atoms with E-state index in [1.165, 1.54) is 77.0 Å². The molecule has 8 atom stereocenters. The second kappa shape index (κ2) is 30.1. The fourth-order valence-electron chi connectivity index (χ4n) is 14.1. The average Bonchev–Trinajstić information content (AvgIpc) is 3.99. The summed E-state index contributed by atoms with van der Waals surface area (Å²) in [4.78, 5) is 68.0. The monoisotopic (exact) mass is 1050 g/mol. The molecule has 8 unspecified atom stereocenters. The number of aryl methyl sites for hydroxylation is 2. The third-order valence-corrected chi connectivity index (χ3v) is 18.5. The molecular formula is C62H104N4O9. The van der Waals surface area contributed by atoms with Gasteiger partial charge in [-0.3, -0.25) is 19.8 Å². The van der Waals surface area contributed by atoms with Crippen LogP contribution in [0.5, 0.6) is 0 Å². The van der Waals surface area contributed by atoms with Crippen LogP contribution in [0.25, 0.3) is 0 Å². The number of carboxylic acids is 1. The number of ketones is 3. The summed E-state index contributed by atoms with van der Waals surface area (Å²) in [5.74, 6) is 2.93. The number of hydrogen-bond acceptors (Lipinski definition) is 10. The van der Waals surface area contributed by atoms with Crippen molar-refractivity contribution in [1.82, 2.24) is 20.4 Å². The van der Waals surface area contributed by atoms with E-state index in [0.29, 0.717) is 58.5 Å². The molecule has 0 bridgehead atoms. The summed E-state index contributed by atoms with van der Waals surface area (Å²) >= 11 is 0. The molecule has 0 radical (unpaired) electrons. The van der Waals surface area contributed by atoms with Crippen LogP contribution in [0.4, 0.5) is 0 Å². The first kappa shape index (κ1) is 65.1. The molecule has 4 aliphatic rings. The highest BCUT2D eigenvalue weighted by Gasteiger charge is 2.40. The van der Waals surface area contributed by atoms with Gasteiger partial charge in [-0.05, 0) is 166 Å². The number of aromatic carboxylic acids is 1. The maximum Gasteiger partial charge on any atom is 0.375 e. The smallest absolute Gasteiger partial charge is 0.375 e. The summed E-state index contributed by atoms with van der Waals surface area (Å²) in [5, 5.41) is 22.5. The molecule has 75 heavy (non-hydrogen) atoms. The summed E-state index contributed by atoms with van der Waals surface area (Å²) in [6.07, 6.45) is 22.5. The first-order valence-electron chi connectivity index (χ1n) is 29.2. The number of H-pyrrole nitrogens is 2. The van der Waals surface area contributed by atoms with E-state index >= 15 is 0 Å². The normalized spacial score (nSPS) is 26.3. The van der Waals surface area contributed by atoms with Crippen LogP contribution in [0.2, 0.25) is 0 Å². The Morgan fingerprint density at radius 2 is 0.920 bits per heavy atom. The van der Waals surface area contributed by atoms with Crippen molar-refractivity contribution in [1.29, 1.82) is 0 Å². The lowest BCUT2D eigenvalue weighted by Gasteiger charge is -2.43. The van der Waals surface area contributed by atoms with Gasteiger partial charge >= 0.3 is 17.9 Å². The first-order valence-corrected chi connectivity index (χ1v) is 29.2. The Morgan fingerprint density at radius 1 is 0.560 bits per heavy atom. The number of carboxylic acid groups (broad SMARTS) is 1. The fourth-order valence-corrected chi connectivity index (χ4v) is 14.1. The second-order valence-electron chi connectivity index (χ2n) is 26.2. The number of Topliss-reactive ketones (excluding diaryl/α,β-unsaturated/α-hetero) is 3. The zero-order chi connectivity index (χ0) is 56.3. The molecule has 2 aromatic rings. The van der Waals surface area contributed by atoms with Crippen molar-refractivity contribution in [2.24, 2.45) is 69.0 Å². The standard InChI is InChI=1S/C17H28N2O2.C17H28O4.C15H24N2O2.C13H24O/c1-5-21-16(20)15-11-13(18-19-15)8-9-14-12(2)7-6-10-17(14,3)4;1-5-21-16(20)15(19)11-13(18)8-9-14-12(2)7-6-10-17(14,3)4;1-10-5-4-8-15(2,3)12(10)7-6-11-9-13(14(18)19)17-16-11;1-10-6-5-9-13(3,4)12(10)8-7-11(2)14/h11-12,14H,5-10H2,1-4H3,(H,18,19);12,14H,5-11H2,1-4H3;9-10,12H,4-8H2,1-3H3,(H,16,17)(H,18,19);10,12H,5-9H2,1-4H3. The number of nitrogens with one attached hydrogen (secondary N) is 2. The molecule has 13 heteroatoms. The molecule has 2 heterocycles. The van der Waals surface area contributed by atoms with Crippen LogP contribution in [0.3, 0.4) is 0 Å². The van der Waals surface area contributed by atoms with Crippen LogP contribution < -0.4 is 0 Å². The SMILES string of the molecule is CC(=O)CCC1C(C)CCCC1(C)C.CC1CCCC(C)(C)C1CCc1cc(C(=O)O)n[nH]1.CCOC(=O)C(=O)CC(=O)CCC1C(C)CCCC1(C)C.CCOC(=O)c1cc(CCC2C(C)CCCC2(C)C)[nH]n1. The summed E-state index contributed by atoms with van der Waals surface area (Å²) in [5.41, 5.74) is 4.00. The van der Waals surface area contributed by atoms with Crippen molar-refractivity contribution in [2.45, 2.75) is 239 Å². The van der Waals surface area contributed by atoms with Crippen LogP contribution in [-0.4, -0.2) is 74.0 Å². The number of nitrogens with zero attached hydrogens (tertiary/aromatic N) is 2. The van der Waals surface area contributed by atoms with Gasteiger partial charge in [-0.1, -0.05) is 134 Å². The van der Waals surface area contributed by atoms with Crippen LogP contribution in [0, 0.1) is 69.0 Å². The predicted molar refractivity (Wildman–Crippen MR) is 298 cm³/mol. The van der Waals surface area contributed by atoms with Crippen LogP contribution in [-0.2, 0) is 41.5 Å². The second-order valence-corrected chi connectivity index (χ2v) is 26.2. The van der Waals surface area contributed by atoms with Crippen LogP contribution in [0.15, 0.2) is 12.1 Å². The summed E-state index contributed by atoms with van der Waals surface area (Å²) in [7, 11) is 0. The number of hydrogen-bond donors (Lipinski definition) is 3. The Kier molecular flexibility index (Phi) is 26.1. The fraction of sp³-hybridized carbons (Fsp3) is 0.806. The number of carbonyl (C=O) groups is 6. The van der Waals surface area contributed by atoms with Crippen LogP contribution >= 0.6 is 0 Å². The van der Waals surface area contributed by atoms with Gasteiger partial charge in [-0.25, -0.2) is 14.4 Å². The van der Waals surface area contributed by atoms with Gasteiger partial charge in [0.2, 0.25) is 5.78 Å². The van der Waals surface area contributed by atoms with Gasteiger partial charge in [0.1, 0.15) is 11.6 Å². The van der Waals surface area contributed by atoms with E-state index in [0.717, 1.165) is 85.9 Å². The number of rotatable bonds is 19. The Morgan fingerprint density at radius 3 is 1.27 bits per heavy atom. The minimum atomic E-state index is -0.964. The van der Waals surface area contributed by atoms with E-state index in [9.17, 15) is 28.8 Å². The molecule has 0 aromatic carbocycles. The molecule has 4 fully saturated rings. The molecule has 0 saturated heterocycles. The minimum absolute atomic E-state index is 0.117. The lowest BCUT2D eigenvalue weighted by Crippen LogP contribution is -2.34. The quantitative estimate of drug-likeness (QED) is 0.0687. The van der Waals surface area contributed by atoms with Crippen molar-refractivity contribution in [3.05, 3.63) is 34.9 Å². The lowest BCUT2D eigenvalue weighted by atomic mass is 9.62. The van der Waals surface area contributed by atoms with Gasteiger partial charge in [0, 0.05) is 24.2 Å². The molecule has 3 N–H and O–H groups in total. The van der Waals surface area contributed by atoms with Crippen molar-refractivity contribution in [3.63, 3.8) is 0 Å². The van der Waals surface area contributed by atoms with E-state index in [2.05, 4.69) is 108 Å². The molecule has 6 rings (SSSR count). The maximum atomic E-state index is 11.9. The zero-order valence-electron chi connectivity index (χ0n) is 49.6. The molecule has 4 saturated carbocycles. The minimum Gasteiger partial charge on any atom is -0.476 e.